The average Bonchev–Trinajstić information content (AvgIpc) is 2.79. The highest BCUT2D eigenvalue weighted by Crippen LogP contribution is 2.15. The summed E-state index contributed by atoms with van der Waals surface area (Å²) in [5.74, 6) is -0.0634. The summed E-state index contributed by atoms with van der Waals surface area (Å²) in [6.45, 7) is 2.23. The predicted octanol–water partition coefficient (Wildman–Crippen LogP) is 2.59. The lowest BCUT2D eigenvalue weighted by Gasteiger charge is -2.07. The molecule has 0 unspecified atom stereocenters. The zero-order chi connectivity index (χ0) is 12.1. The van der Waals surface area contributed by atoms with Gasteiger partial charge in [0.05, 0.1) is 6.54 Å². The largest absolute Gasteiger partial charge is 0.379 e. The van der Waals surface area contributed by atoms with Crippen LogP contribution in [0.4, 0.5) is 11.4 Å². The Kier molecular flexibility index (Phi) is 3.45. The van der Waals surface area contributed by atoms with Crippen molar-refractivity contribution in [2.24, 2.45) is 0 Å². The lowest BCUT2D eigenvalue weighted by Crippen LogP contribution is -2.06. The summed E-state index contributed by atoms with van der Waals surface area (Å²) in [5.41, 5.74) is 2.90. The highest BCUT2D eigenvalue weighted by molar-refractivity contribution is 5.89. The number of benzene rings is 1. The number of rotatable bonds is 4. The molecule has 0 aliphatic carbocycles. The first-order valence-corrected chi connectivity index (χ1v) is 5.48. The van der Waals surface area contributed by atoms with Gasteiger partial charge in [0.2, 0.25) is 5.91 Å². The summed E-state index contributed by atoms with van der Waals surface area (Å²) in [7, 11) is 0. The molecular weight excluding hydrogens is 214 g/mol. The first-order valence-electron chi connectivity index (χ1n) is 5.48. The van der Waals surface area contributed by atoms with E-state index in [4.69, 9.17) is 0 Å². The van der Waals surface area contributed by atoms with Crippen LogP contribution in [0.1, 0.15) is 12.6 Å². The van der Waals surface area contributed by atoms with Crippen LogP contribution in [0, 0.1) is 0 Å². The van der Waals surface area contributed by atoms with Gasteiger partial charge in [-0.1, -0.05) is 6.07 Å². The highest BCUT2D eigenvalue weighted by Gasteiger charge is 1.98. The number of carbonyl (C=O) groups is 1. The van der Waals surface area contributed by atoms with Crippen LogP contribution in [0.25, 0.3) is 0 Å². The first kappa shape index (κ1) is 11.3. The average molecular weight is 229 g/mol. The third-order valence-electron chi connectivity index (χ3n) is 2.33. The number of amides is 1. The number of aromatic nitrogens is 1. The number of H-pyrrole nitrogens is 1. The smallest absolute Gasteiger partial charge is 0.221 e. The maximum absolute atomic E-state index is 10.9. The molecule has 2 rings (SSSR count). The minimum absolute atomic E-state index is 0.0634. The SMILES string of the molecule is CC(=O)Nc1cccc(NCc2ccc[nH]2)c1. The summed E-state index contributed by atoms with van der Waals surface area (Å²) in [6.07, 6.45) is 1.89. The van der Waals surface area contributed by atoms with Gasteiger partial charge in [0.1, 0.15) is 0 Å². The second-order valence-corrected chi connectivity index (χ2v) is 3.81. The first-order chi connectivity index (χ1) is 8.24. The number of anilines is 2. The van der Waals surface area contributed by atoms with E-state index in [1.54, 1.807) is 0 Å². The lowest BCUT2D eigenvalue weighted by molar-refractivity contribution is -0.114. The topological polar surface area (TPSA) is 56.9 Å². The lowest BCUT2D eigenvalue weighted by atomic mass is 10.2. The molecule has 1 heterocycles. The molecule has 4 nitrogen and oxygen atoms in total. The van der Waals surface area contributed by atoms with Gasteiger partial charge in [-0.2, -0.15) is 0 Å². The van der Waals surface area contributed by atoms with Crippen molar-refractivity contribution in [3.8, 4) is 0 Å². The molecule has 0 fully saturated rings. The second-order valence-electron chi connectivity index (χ2n) is 3.81. The fourth-order valence-electron chi connectivity index (χ4n) is 1.58. The van der Waals surface area contributed by atoms with Gasteiger partial charge in [0, 0.05) is 30.2 Å². The van der Waals surface area contributed by atoms with Crippen molar-refractivity contribution < 1.29 is 4.79 Å². The molecule has 0 aliphatic rings. The third kappa shape index (κ3) is 3.38. The van der Waals surface area contributed by atoms with Gasteiger partial charge < -0.3 is 15.6 Å². The van der Waals surface area contributed by atoms with Crippen molar-refractivity contribution in [2.45, 2.75) is 13.5 Å². The van der Waals surface area contributed by atoms with Crippen LogP contribution >= 0.6 is 0 Å². The van der Waals surface area contributed by atoms with Crippen LogP contribution in [-0.4, -0.2) is 10.9 Å². The number of aromatic amines is 1. The number of nitrogens with one attached hydrogen (secondary N) is 3. The molecular formula is C13H15N3O. The van der Waals surface area contributed by atoms with E-state index < -0.39 is 0 Å². The number of hydrogen-bond donors (Lipinski definition) is 3. The molecule has 0 atom stereocenters. The zero-order valence-corrected chi connectivity index (χ0v) is 9.66. The van der Waals surface area contributed by atoms with Crippen molar-refractivity contribution >= 4 is 17.3 Å². The predicted molar refractivity (Wildman–Crippen MR) is 68.9 cm³/mol. The molecule has 88 valence electrons. The Hall–Kier alpha value is -2.23. The molecule has 0 spiro atoms. The Balaban J connectivity index is 1.98. The number of hydrogen-bond acceptors (Lipinski definition) is 2. The van der Waals surface area contributed by atoms with Gasteiger partial charge in [-0.05, 0) is 30.3 Å². The molecule has 0 saturated heterocycles. The molecule has 1 aromatic carbocycles. The Bertz CT molecular complexity index is 491. The Labute approximate surface area is 100 Å². The molecule has 1 aromatic heterocycles. The standard InChI is InChI=1S/C13H15N3O/c1-10(17)16-12-5-2-4-11(8-12)15-9-13-6-3-7-14-13/h2-8,14-15H,9H2,1H3,(H,16,17). The monoisotopic (exact) mass is 229 g/mol. The molecule has 0 aliphatic heterocycles. The van der Waals surface area contributed by atoms with Crippen LogP contribution in [0.5, 0.6) is 0 Å². The maximum Gasteiger partial charge on any atom is 0.221 e. The molecule has 1 amide bonds. The summed E-state index contributed by atoms with van der Waals surface area (Å²) < 4.78 is 0. The summed E-state index contributed by atoms with van der Waals surface area (Å²) in [5, 5.41) is 6.03. The minimum atomic E-state index is -0.0634. The Morgan fingerprint density at radius 3 is 2.76 bits per heavy atom. The van der Waals surface area contributed by atoms with Gasteiger partial charge in [-0.25, -0.2) is 0 Å². The van der Waals surface area contributed by atoms with Crippen molar-refractivity contribution in [1.82, 2.24) is 4.98 Å². The quantitative estimate of drug-likeness (QED) is 0.754. The van der Waals surface area contributed by atoms with Gasteiger partial charge >= 0.3 is 0 Å². The molecule has 4 heteroatoms. The molecule has 17 heavy (non-hydrogen) atoms. The van der Waals surface area contributed by atoms with Crippen LogP contribution in [-0.2, 0) is 11.3 Å². The highest BCUT2D eigenvalue weighted by atomic mass is 16.1. The maximum atomic E-state index is 10.9. The fraction of sp³-hybridized carbons (Fsp3) is 0.154. The van der Waals surface area contributed by atoms with E-state index in [9.17, 15) is 4.79 Å². The van der Waals surface area contributed by atoms with E-state index in [1.165, 1.54) is 6.92 Å². The van der Waals surface area contributed by atoms with Crippen LogP contribution in [0.2, 0.25) is 0 Å². The zero-order valence-electron chi connectivity index (χ0n) is 9.66. The van der Waals surface area contributed by atoms with Gasteiger partial charge in [-0.3, -0.25) is 4.79 Å². The van der Waals surface area contributed by atoms with E-state index in [1.807, 2.05) is 42.6 Å². The van der Waals surface area contributed by atoms with Crippen molar-refractivity contribution in [3.05, 3.63) is 48.3 Å². The van der Waals surface area contributed by atoms with Crippen molar-refractivity contribution in [1.29, 1.82) is 0 Å². The van der Waals surface area contributed by atoms with Crippen LogP contribution in [0.3, 0.4) is 0 Å². The second kappa shape index (κ2) is 5.21. The van der Waals surface area contributed by atoms with E-state index >= 15 is 0 Å². The molecule has 0 bridgehead atoms. The fourth-order valence-corrected chi connectivity index (χ4v) is 1.58. The number of carbonyl (C=O) groups excluding carboxylic acids is 1. The molecule has 0 radical (unpaired) electrons. The van der Waals surface area contributed by atoms with Gasteiger partial charge in [0.25, 0.3) is 0 Å². The Morgan fingerprint density at radius 1 is 1.24 bits per heavy atom. The van der Waals surface area contributed by atoms with E-state index in [2.05, 4.69) is 15.6 Å². The molecule has 0 saturated carbocycles. The summed E-state index contributed by atoms with van der Waals surface area (Å²) >= 11 is 0. The minimum Gasteiger partial charge on any atom is -0.379 e. The Morgan fingerprint density at radius 2 is 2.06 bits per heavy atom. The van der Waals surface area contributed by atoms with Crippen molar-refractivity contribution in [2.75, 3.05) is 10.6 Å². The van der Waals surface area contributed by atoms with Gasteiger partial charge in [0.15, 0.2) is 0 Å². The van der Waals surface area contributed by atoms with Crippen molar-refractivity contribution in [3.63, 3.8) is 0 Å². The summed E-state index contributed by atoms with van der Waals surface area (Å²) in [6, 6.07) is 11.6. The van der Waals surface area contributed by atoms with Gasteiger partial charge in [-0.15, -0.1) is 0 Å². The third-order valence-corrected chi connectivity index (χ3v) is 2.33. The van der Waals surface area contributed by atoms with E-state index in [0.717, 1.165) is 23.6 Å². The van der Waals surface area contributed by atoms with E-state index in [0.29, 0.717) is 0 Å². The molecule has 2 aromatic rings. The van der Waals surface area contributed by atoms with E-state index in [-0.39, 0.29) is 5.91 Å². The van der Waals surface area contributed by atoms with Crippen LogP contribution < -0.4 is 10.6 Å². The normalized spacial score (nSPS) is 9.94. The van der Waals surface area contributed by atoms with Crippen LogP contribution in [0.15, 0.2) is 42.6 Å². The molecule has 3 N–H and O–H groups in total. The summed E-state index contributed by atoms with van der Waals surface area (Å²) in [4.78, 5) is 14.1.